The van der Waals surface area contributed by atoms with E-state index in [1.807, 2.05) is 0 Å². The zero-order chi connectivity index (χ0) is 42.7. The van der Waals surface area contributed by atoms with Gasteiger partial charge in [-0.25, -0.2) is 0 Å². The number of unbranched alkanes of at least 4 members (excludes halogenated alkanes) is 16. The van der Waals surface area contributed by atoms with Crippen LogP contribution in [0.15, 0.2) is 59.7 Å². The van der Waals surface area contributed by atoms with E-state index in [1.165, 1.54) is 149 Å². The molecule has 0 spiro atoms. The third-order valence-corrected chi connectivity index (χ3v) is 15.2. The van der Waals surface area contributed by atoms with E-state index in [1.54, 1.807) is 22.7 Å². The number of aryl methyl sites for hydroxylation is 2. The lowest BCUT2D eigenvalue weighted by Gasteiger charge is -2.29. The quantitative estimate of drug-likeness (QED) is 0.0605. The minimum atomic E-state index is 0.0408. The number of hydrogen-bond acceptors (Lipinski definition) is 4. The van der Waals surface area contributed by atoms with Gasteiger partial charge in [-0.2, -0.15) is 0 Å². The summed E-state index contributed by atoms with van der Waals surface area (Å²) in [6, 6.07) is 17.5. The molecule has 2 amide bonds. The van der Waals surface area contributed by atoms with E-state index in [-0.39, 0.29) is 11.8 Å². The van der Waals surface area contributed by atoms with Crippen LogP contribution in [0.5, 0.6) is 0 Å². The fourth-order valence-corrected chi connectivity index (χ4v) is 11.5. The van der Waals surface area contributed by atoms with Gasteiger partial charge in [0.25, 0.3) is 11.8 Å². The molecule has 4 heterocycles. The minimum absolute atomic E-state index is 0.0408. The summed E-state index contributed by atoms with van der Waals surface area (Å²) in [5.74, 6) is 0.910. The van der Waals surface area contributed by atoms with Gasteiger partial charge in [0, 0.05) is 22.8 Å². The van der Waals surface area contributed by atoms with Gasteiger partial charge in [0.1, 0.15) is 0 Å². The Morgan fingerprint density at radius 3 is 1.22 bits per heavy atom. The van der Waals surface area contributed by atoms with Crippen LogP contribution >= 0.6 is 22.7 Å². The molecule has 2 unspecified atom stereocenters. The number of thiophene rings is 2. The van der Waals surface area contributed by atoms with Crippen molar-refractivity contribution >= 4 is 45.9 Å². The summed E-state index contributed by atoms with van der Waals surface area (Å²) in [5.41, 5.74) is 5.49. The molecule has 2 atom stereocenters. The molecule has 4 nitrogen and oxygen atoms in total. The lowest BCUT2D eigenvalue weighted by molar-refractivity contribution is -0.124. The van der Waals surface area contributed by atoms with Crippen LogP contribution in [0.3, 0.4) is 0 Å². The first-order valence-electron chi connectivity index (χ1n) is 24.7. The zero-order valence-corrected chi connectivity index (χ0v) is 40.3. The number of carbonyl (C=O) groups excluding carboxylic acids is 2. The lowest BCUT2D eigenvalue weighted by atomic mass is 9.93. The maximum absolute atomic E-state index is 15.4. The molecular weight excluding hydrogens is 773 g/mol. The van der Waals surface area contributed by atoms with Gasteiger partial charge in [0.05, 0.1) is 32.3 Å². The molecule has 3 aromatic rings. The molecule has 0 bridgehead atoms. The number of amides is 2. The van der Waals surface area contributed by atoms with Gasteiger partial charge in [0.15, 0.2) is 0 Å². The molecule has 0 saturated heterocycles. The Morgan fingerprint density at radius 1 is 0.433 bits per heavy atom. The third-order valence-electron chi connectivity index (χ3n) is 13.1. The van der Waals surface area contributed by atoms with Crippen molar-refractivity contribution in [3.05, 3.63) is 79.9 Å². The van der Waals surface area contributed by atoms with Gasteiger partial charge in [-0.1, -0.05) is 186 Å². The van der Waals surface area contributed by atoms with E-state index in [4.69, 9.17) is 0 Å². The van der Waals surface area contributed by atoms with Crippen LogP contribution < -0.4 is 0 Å². The summed E-state index contributed by atoms with van der Waals surface area (Å²) in [6.45, 7) is 14.8. The summed E-state index contributed by atoms with van der Waals surface area (Å²) in [4.78, 5) is 39.5. The molecule has 0 aliphatic carbocycles. The van der Waals surface area contributed by atoms with E-state index in [2.05, 4.69) is 99.9 Å². The number of carbonyl (C=O) groups is 2. The van der Waals surface area contributed by atoms with Crippen LogP contribution in [0.1, 0.15) is 202 Å². The van der Waals surface area contributed by atoms with Crippen LogP contribution in [0.4, 0.5) is 0 Å². The maximum Gasteiger partial charge on any atom is 0.261 e. The van der Waals surface area contributed by atoms with Crippen molar-refractivity contribution in [2.75, 3.05) is 13.1 Å². The number of benzene rings is 1. The Morgan fingerprint density at radius 2 is 0.800 bits per heavy atom. The number of rotatable bonds is 31. The Hall–Kier alpha value is -2.96. The molecule has 1 aromatic carbocycles. The van der Waals surface area contributed by atoms with Crippen molar-refractivity contribution in [3.8, 4) is 10.4 Å². The second-order valence-corrected chi connectivity index (χ2v) is 20.6. The van der Waals surface area contributed by atoms with Gasteiger partial charge in [-0.15, -0.1) is 22.7 Å². The average Bonchev–Trinajstić information content (AvgIpc) is 4.03. The van der Waals surface area contributed by atoms with Gasteiger partial charge in [-0.05, 0) is 81.2 Å². The Labute approximate surface area is 374 Å². The normalized spacial score (nSPS) is 15.3. The van der Waals surface area contributed by atoms with Crippen molar-refractivity contribution in [1.29, 1.82) is 0 Å². The minimum Gasteiger partial charge on any atom is -0.306 e. The van der Waals surface area contributed by atoms with Gasteiger partial charge >= 0.3 is 0 Å². The van der Waals surface area contributed by atoms with E-state index >= 15 is 9.59 Å². The van der Waals surface area contributed by atoms with Crippen molar-refractivity contribution in [3.63, 3.8) is 0 Å². The van der Waals surface area contributed by atoms with Crippen LogP contribution in [0.2, 0.25) is 0 Å². The number of nitrogens with zero attached hydrogens (tertiary/aromatic N) is 2. The second-order valence-electron chi connectivity index (χ2n) is 18.3. The predicted octanol–water partition coefficient (Wildman–Crippen LogP) is 16.6. The highest BCUT2D eigenvalue weighted by atomic mass is 32.1. The lowest BCUT2D eigenvalue weighted by Crippen LogP contribution is -2.34. The number of hydrogen-bond donors (Lipinski definition) is 0. The van der Waals surface area contributed by atoms with Crippen LogP contribution in [0, 0.1) is 25.7 Å². The van der Waals surface area contributed by atoms with Gasteiger partial charge < -0.3 is 9.80 Å². The molecule has 0 N–H and O–H groups in total. The predicted molar refractivity (Wildman–Crippen MR) is 261 cm³/mol. The van der Waals surface area contributed by atoms with Crippen LogP contribution in [0.25, 0.3) is 21.8 Å². The molecule has 0 saturated carbocycles. The molecule has 2 aromatic heterocycles. The molecular formula is C54H80N2O2S2. The molecule has 330 valence electrons. The highest BCUT2D eigenvalue weighted by Crippen LogP contribution is 2.50. The van der Waals surface area contributed by atoms with Crippen LogP contribution in [-0.4, -0.2) is 34.7 Å². The Kier molecular flexibility index (Phi) is 20.7. The van der Waals surface area contributed by atoms with E-state index in [0.717, 1.165) is 46.8 Å². The molecule has 0 radical (unpaired) electrons. The van der Waals surface area contributed by atoms with Gasteiger partial charge in [0.2, 0.25) is 0 Å². The smallest absolute Gasteiger partial charge is 0.261 e. The molecule has 60 heavy (non-hydrogen) atoms. The molecule has 2 aliphatic heterocycles. The Bertz CT molecular complexity index is 1810. The number of fused-ring (bicyclic) bond motifs is 1. The molecule has 5 rings (SSSR count). The van der Waals surface area contributed by atoms with E-state index in [9.17, 15) is 0 Å². The summed E-state index contributed by atoms with van der Waals surface area (Å²) in [7, 11) is 0. The van der Waals surface area contributed by atoms with E-state index in [0.29, 0.717) is 36.1 Å². The summed E-state index contributed by atoms with van der Waals surface area (Å²) in [5, 5.41) is 0. The van der Waals surface area contributed by atoms with Crippen molar-refractivity contribution < 1.29 is 9.59 Å². The first-order chi connectivity index (χ1) is 29.3. The first-order valence-corrected chi connectivity index (χ1v) is 26.3. The highest BCUT2D eigenvalue weighted by Gasteiger charge is 2.50. The molecule has 2 aliphatic rings. The third kappa shape index (κ3) is 13.5. The van der Waals surface area contributed by atoms with Crippen molar-refractivity contribution in [2.45, 2.75) is 196 Å². The first kappa shape index (κ1) is 48.1. The van der Waals surface area contributed by atoms with Crippen molar-refractivity contribution in [1.82, 2.24) is 9.80 Å². The maximum atomic E-state index is 15.4. The molecule has 0 fully saturated rings. The fourth-order valence-electron chi connectivity index (χ4n) is 9.47. The van der Waals surface area contributed by atoms with E-state index < -0.39 is 0 Å². The molecule has 6 heteroatoms. The SMILES string of the molecule is CCCCCCCCC(CCCCCC)CN1C(=O)C2=C(c3ccc(-c4ccc(C)cc4)s3)N(CC(CCCCCC)CCCCCCCC)C(=O)C2=C1c1ccc(C)s1. The Balaban J connectivity index is 1.54. The highest BCUT2D eigenvalue weighted by molar-refractivity contribution is 7.16. The standard InChI is InChI=1S/C54H80N2O2S2/c1-7-11-15-19-21-25-29-43(27-23-17-13-9-3)39-55-51(47-36-33-42(6)59-47)49-50(54(55)58)52(48-38-37-46(60-48)45-34-31-41(5)32-35-45)56(53(49)57)40-44(28-24-18-14-10-4)30-26-22-20-16-12-8-2/h31-38,43-44H,7-30,39-40H2,1-6H3. The van der Waals surface area contributed by atoms with Crippen LogP contribution in [-0.2, 0) is 9.59 Å². The monoisotopic (exact) mass is 853 g/mol. The average molecular weight is 853 g/mol. The topological polar surface area (TPSA) is 40.6 Å². The second kappa shape index (κ2) is 25.8. The zero-order valence-electron chi connectivity index (χ0n) is 38.7. The van der Waals surface area contributed by atoms with Gasteiger partial charge in [-0.3, -0.25) is 9.59 Å². The summed E-state index contributed by atoms with van der Waals surface area (Å²) >= 11 is 3.46. The largest absolute Gasteiger partial charge is 0.306 e. The fraction of sp³-hybridized carbons (Fsp3) is 0.630. The summed E-state index contributed by atoms with van der Waals surface area (Å²) < 4.78 is 0. The summed E-state index contributed by atoms with van der Waals surface area (Å²) in [6.07, 6.45) is 29.8. The van der Waals surface area contributed by atoms with Crippen molar-refractivity contribution in [2.24, 2.45) is 11.8 Å².